The van der Waals surface area contributed by atoms with Crippen molar-refractivity contribution in [3.05, 3.63) is 117 Å². The number of benzene rings is 5. The number of azo groups is 1. The molecule has 55 heavy (non-hydrogen) atoms. The molecule has 0 aliphatic heterocycles. The van der Waals surface area contributed by atoms with Gasteiger partial charge in [0.25, 0.3) is 11.4 Å². The number of nitroso groups, excluding NO2 is 1. The number of aryl methyl sites for hydroxylation is 1. The van der Waals surface area contributed by atoms with Crippen LogP contribution in [0.2, 0.25) is 0 Å². The summed E-state index contributed by atoms with van der Waals surface area (Å²) in [7, 11) is -15.2. The third-order valence-corrected chi connectivity index (χ3v) is 10.1. The molecule has 5 rings (SSSR count). The van der Waals surface area contributed by atoms with E-state index in [1.807, 2.05) is 0 Å². The maximum absolute atomic E-state index is 13.1. The third kappa shape index (κ3) is 11.6. The first-order valence-electron chi connectivity index (χ1n) is 14.3. The summed E-state index contributed by atoms with van der Waals surface area (Å²) in [5.74, 6) is 0. The molecule has 0 spiro atoms. The third-order valence-electron chi connectivity index (χ3n) is 7.39. The van der Waals surface area contributed by atoms with Gasteiger partial charge in [0.2, 0.25) is 0 Å². The molecule has 0 radical (unpaired) electrons. The Kier molecular flexibility index (Phi) is 16.6. The van der Waals surface area contributed by atoms with Gasteiger partial charge in [0.05, 0.1) is 35.9 Å². The molecule has 3 N–H and O–H groups in total. The van der Waals surface area contributed by atoms with E-state index in [1.165, 1.54) is 55.5 Å². The normalized spacial score (nSPS) is 11.8. The minimum atomic E-state index is -5.21. The Morgan fingerprint density at radius 1 is 0.655 bits per heavy atom. The number of nitro groups is 1. The summed E-state index contributed by atoms with van der Waals surface area (Å²) in [6.07, 6.45) is 1.98. The Morgan fingerprint density at radius 3 is 1.76 bits per heavy atom. The standard InChI is InChI=1S/C31H24N6O12S3.3Na/c1-18-14-27(34-33-26-6-2-5-24-23(26)4-3-7-29(24)50(41,42)43)25(32)17-28(18)36(38)35-21-12-10-19(30(15-21)51(44,45)46)8-9-20-11-13-22(37(39)40)16-31(20)52(47,48)49;;;/h2-17H,32H2,1H3,(H3-,35,38,41,42,43,44,45,46,47,48,49);;;/q;3*+1/p-2/b9-8+,34-33?;;;. The van der Waals surface area contributed by atoms with Gasteiger partial charge in [-0.25, -0.2) is 25.3 Å². The summed E-state index contributed by atoms with van der Waals surface area (Å²) in [6, 6.07) is 16.8. The number of nitrogens with one attached hydrogen (secondary N) is 1. The Hall–Kier alpha value is -2.97. The molecule has 268 valence electrons. The van der Waals surface area contributed by atoms with Gasteiger partial charge in [0.15, 0.2) is 4.87 Å². The van der Waals surface area contributed by atoms with Crippen LogP contribution in [0, 0.1) is 21.9 Å². The Balaban J connectivity index is 0.00000348. The monoisotopic (exact) mass is 835 g/mol. The number of rotatable bonds is 11. The van der Waals surface area contributed by atoms with Crippen LogP contribution in [0.4, 0.5) is 34.1 Å². The van der Waals surface area contributed by atoms with Gasteiger partial charge >= 0.3 is 88.7 Å². The van der Waals surface area contributed by atoms with Crippen LogP contribution in [0.3, 0.4) is 0 Å². The molecule has 0 aromatic heterocycles. The van der Waals surface area contributed by atoms with Crippen LogP contribution >= 0.6 is 0 Å². The molecule has 18 nitrogen and oxygen atoms in total. The van der Waals surface area contributed by atoms with E-state index < -0.39 is 55.7 Å². The van der Waals surface area contributed by atoms with Crippen LogP contribution in [0.5, 0.6) is 0 Å². The number of hydrazine groups is 1. The van der Waals surface area contributed by atoms with Crippen molar-refractivity contribution in [2.75, 3.05) is 11.2 Å². The minimum absolute atomic E-state index is 0. The van der Waals surface area contributed by atoms with Gasteiger partial charge in [-0.15, -0.1) is 15.7 Å². The van der Waals surface area contributed by atoms with Crippen molar-refractivity contribution in [2.45, 2.75) is 21.6 Å². The Labute approximate surface area is 380 Å². The minimum Gasteiger partial charge on any atom is -0.744 e. The molecule has 0 saturated heterocycles. The van der Waals surface area contributed by atoms with E-state index in [0.29, 0.717) is 17.0 Å². The molecule has 5 aromatic carbocycles. The first-order valence-corrected chi connectivity index (χ1v) is 18.5. The molecular weight excluding hydrogens is 814 g/mol. The van der Waals surface area contributed by atoms with E-state index in [4.69, 9.17) is 5.73 Å². The smallest absolute Gasteiger partial charge is 0.744 e. The predicted molar refractivity (Wildman–Crippen MR) is 183 cm³/mol. The fourth-order valence-corrected chi connectivity index (χ4v) is 7.06. The number of fused-ring (bicyclic) bond motifs is 1. The maximum Gasteiger partial charge on any atom is 1.00 e. The van der Waals surface area contributed by atoms with Crippen molar-refractivity contribution >= 4 is 87.4 Å². The second-order valence-electron chi connectivity index (χ2n) is 10.9. The average Bonchev–Trinajstić information content (AvgIpc) is 3.06. The van der Waals surface area contributed by atoms with Crippen LogP contribution in [0.15, 0.2) is 110 Å². The van der Waals surface area contributed by atoms with Crippen molar-refractivity contribution in [1.29, 1.82) is 0 Å². The molecule has 0 bridgehead atoms. The zero-order chi connectivity index (χ0) is 38.2. The van der Waals surface area contributed by atoms with Crippen molar-refractivity contribution < 1.29 is 137 Å². The van der Waals surface area contributed by atoms with Gasteiger partial charge < -0.3 is 19.4 Å². The fourth-order valence-electron chi connectivity index (χ4n) is 4.99. The van der Waals surface area contributed by atoms with E-state index in [1.54, 1.807) is 6.07 Å². The Bertz CT molecular complexity index is 2730. The first kappa shape index (κ1) is 48.2. The average molecular weight is 836 g/mol. The predicted octanol–water partition coefficient (Wildman–Crippen LogP) is -3.61. The summed E-state index contributed by atoms with van der Waals surface area (Å²) in [6.45, 7) is 1.53. The maximum atomic E-state index is 13.1. The zero-order valence-corrected chi connectivity index (χ0v) is 37.7. The number of nitrogens with zero attached hydrogens (tertiary/aromatic N) is 4. The number of hydrogen-bond acceptors (Lipinski definition) is 15. The Morgan fingerprint density at radius 2 is 1.18 bits per heavy atom. The van der Waals surface area contributed by atoms with Crippen molar-refractivity contribution in [3.8, 4) is 0 Å². The van der Waals surface area contributed by atoms with Crippen molar-refractivity contribution in [2.24, 2.45) is 10.2 Å². The topological polar surface area (TPSA) is 298 Å². The summed E-state index contributed by atoms with van der Waals surface area (Å²) < 4.78 is 107. The SMILES string of the molecule is Cc1cc(N=Nc2cccc3c(S(=O)(=O)[O-])cccc23)c(N)cc1[N+](=O)Nc1ccc(/C=C/c2ccc([N+](=O)[O-])cc2S(=O)(=O)[O-])c(S(=O)(=O)[O-])c1.[Na+].[Na+].[Na+]. The van der Waals surface area contributed by atoms with Gasteiger partial charge in [-0.05, 0) is 54.4 Å². The number of anilines is 2. The number of nitrogens with two attached hydrogens (primary N) is 1. The van der Waals surface area contributed by atoms with E-state index in [9.17, 15) is 53.9 Å². The van der Waals surface area contributed by atoms with Crippen LogP contribution in [0.25, 0.3) is 22.9 Å². The molecule has 0 saturated carbocycles. The van der Waals surface area contributed by atoms with Gasteiger partial charge in [-0.1, -0.05) is 42.5 Å². The van der Waals surface area contributed by atoms with Crippen molar-refractivity contribution in [1.82, 2.24) is 0 Å². The van der Waals surface area contributed by atoms with Gasteiger partial charge in [0, 0.05) is 34.5 Å². The summed E-state index contributed by atoms with van der Waals surface area (Å²) >= 11 is 0. The van der Waals surface area contributed by atoms with E-state index in [0.717, 1.165) is 36.4 Å². The fraction of sp³-hybridized carbons (Fsp3) is 0.0323. The summed E-state index contributed by atoms with van der Waals surface area (Å²) in [5, 5.41) is 19.8. The molecule has 0 amide bonds. The molecule has 0 unspecified atom stereocenters. The van der Waals surface area contributed by atoms with Crippen LogP contribution in [-0.2, 0) is 30.4 Å². The van der Waals surface area contributed by atoms with Crippen LogP contribution < -0.4 is 99.8 Å². The largest absolute Gasteiger partial charge is 1.00 e. The van der Waals surface area contributed by atoms with E-state index in [-0.39, 0.29) is 138 Å². The van der Waals surface area contributed by atoms with E-state index >= 15 is 0 Å². The van der Waals surface area contributed by atoms with Gasteiger partial charge in [-0.3, -0.25) is 10.1 Å². The second-order valence-corrected chi connectivity index (χ2v) is 14.9. The molecule has 0 heterocycles. The number of non-ortho nitro benzene ring substituents is 1. The summed E-state index contributed by atoms with van der Waals surface area (Å²) in [5.41, 5.74) is 7.67. The molecule has 0 fully saturated rings. The number of hydrogen-bond donors (Lipinski definition) is 2. The zero-order valence-electron chi connectivity index (χ0n) is 29.2. The molecule has 5 aromatic rings. The molecule has 0 aliphatic rings. The number of nitro benzene ring substituents is 1. The number of nitrogen functional groups attached to an aromatic ring is 1. The van der Waals surface area contributed by atoms with E-state index in [2.05, 4.69) is 15.7 Å². The van der Waals surface area contributed by atoms with Crippen molar-refractivity contribution in [3.63, 3.8) is 0 Å². The van der Waals surface area contributed by atoms with Crippen LogP contribution in [0.1, 0.15) is 16.7 Å². The second kappa shape index (κ2) is 19.0. The molecule has 0 aliphatic carbocycles. The molecule has 0 atom stereocenters. The van der Waals surface area contributed by atoms with Gasteiger partial charge in [0.1, 0.15) is 41.7 Å². The summed E-state index contributed by atoms with van der Waals surface area (Å²) in [4.78, 5) is 21.3. The first-order chi connectivity index (χ1) is 24.2. The quantitative estimate of drug-likeness (QED) is 0.0190. The molecule has 24 heteroatoms. The van der Waals surface area contributed by atoms with Crippen LogP contribution in [-0.4, -0.2) is 48.7 Å². The van der Waals surface area contributed by atoms with Gasteiger partial charge in [-0.2, -0.15) is 0 Å². The molecular formula is C31H22N6Na3O12S3+.